The number of furan rings is 1. The normalized spacial score (nSPS) is 13.5. The van der Waals surface area contributed by atoms with Gasteiger partial charge in [-0.3, -0.25) is 4.79 Å². The zero-order chi connectivity index (χ0) is 18.7. The first-order valence-corrected chi connectivity index (χ1v) is 11.7. The first-order valence-electron chi connectivity index (χ1n) is 8.69. The summed E-state index contributed by atoms with van der Waals surface area (Å²) >= 11 is 0. The number of carbonyl (C=O) groups is 1. The molecule has 0 aliphatic carbocycles. The standard InChI is InChI=1S/C20H29NO3Si/c1-20(2,3)25(4,5)19-12-16(14-24-19)17(22)13-21-18(23)11-15-9-7-6-8-10-15/h6-10,12,14,17,22H,11,13H2,1-5H3,(H,21,23). The number of aliphatic hydroxyl groups is 1. The highest BCUT2D eigenvalue weighted by atomic mass is 28.3. The van der Waals surface area contributed by atoms with Gasteiger partial charge in [0, 0.05) is 12.1 Å². The Bertz CT molecular complexity index is 701. The molecule has 1 amide bonds. The van der Waals surface area contributed by atoms with Crippen molar-refractivity contribution in [1.82, 2.24) is 5.32 Å². The number of benzene rings is 1. The van der Waals surface area contributed by atoms with Gasteiger partial charge in [0.1, 0.15) is 8.07 Å². The summed E-state index contributed by atoms with van der Waals surface area (Å²) in [6.07, 6.45) is 1.17. The summed E-state index contributed by atoms with van der Waals surface area (Å²) in [7, 11) is -1.77. The number of amides is 1. The molecule has 0 aliphatic rings. The average molecular weight is 360 g/mol. The van der Waals surface area contributed by atoms with E-state index in [2.05, 4.69) is 39.2 Å². The van der Waals surface area contributed by atoms with Crippen LogP contribution in [0.2, 0.25) is 18.1 Å². The molecule has 4 nitrogen and oxygen atoms in total. The van der Waals surface area contributed by atoms with Crippen LogP contribution >= 0.6 is 0 Å². The minimum Gasteiger partial charge on any atom is -0.474 e. The minimum absolute atomic E-state index is 0.0987. The molecule has 2 aromatic rings. The molecule has 0 spiro atoms. The van der Waals surface area contributed by atoms with Crippen molar-refractivity contribution in [3.8, 4) is 0 Å². The molecule has 0 fully saturated rings. The van der Waals surface area contributed by atoms with E-state index in [1.54, 1.807) is 6.26 Å². The number of carbonyl (C=O) groups excluding carboxylic acids is 1. The van der Waals surface area contributed by atoms with Gasteiger partial charge in [-0.25, -0.2) is 0 Å². The average Bonchev–Trinajstić information content (AvgIpc) is 3.03. The van der Waals surface area contributed by atoms with Gasteiger partial charge in [0.05, 0.1) is 24.2 Å². The summed E-state index contributed by atoms with van der Waals surface area (Å²) in [5, 5.41) is 14.3. The van der Waals surface area contributed by atoms with E-state index < -0.39 is 14.2 Å². The summed E-state index contributed by atoms with van der Waals surface area (Å²) in [6.45, 7) is 11.4. The van der Waals surface area contributed by atoms with Gasteiger partial charge in [-0.2, -0.15) is 0 Å². The first-order chi connectivity index (χ1) is 11.6. The second-order valence-electron chi connectivity index (χ2n) is 8.10. The van der Waals surface area contributed by atoms with Crippen LogP contribution in [0.15, 0.2) is 47.1 Å². The Labute approximate surface area is 151 Å². The third-order valence-electron chi connectivity index (χ3n) is 5.20. The van der Waals surface area contributed by atoms with Crippen molar-refractivity contribution in [3.05, 3.63) is 53.8 Å². The number of hydrogen-bond acceptors (Lipinski definition) is 3. The predicted octanol–water partition coefficient (Wildman–Crippen LogP) is 3.39. The van der Waals surface area contributed by atoms with Crippen LogP contribution in [0.3, 0.4) is 0 Å². The molecular weight excluding hydrogens is 330 g/mol. The van der Waals surface area contributed by atoms with Gasteiger partial charge in [-0.05, 0) is 16.7 Å². The fourth-order valence-corrected chi connectivity index (χ4v) is 4.02. The van der Waals surface area contributed by atoms with E-state index in [1.807, 2.05) is 36.4 Å². The Morgan fingerprint density at radius 2 is 1.88 bits per heavy atom. The lowest BCUT2D eigenvalue weighted by Gasteiger charge is -2.34. The van der Waals surface area contributed by atoms with Gasteiger partial charge in [-0.15, -0.1) is 0 Å². The molecular formula is C20H29NO3Si. The van der Waals surface area contributed by atoms with Crippen LogP contribution < -0.4 is 10.7 Å². The topological polar surface area (TPSA) is 62.5 Å². The fourth-order valence-electron chi connectivity index (χ4n) is 2.40. The van der Waals surface area contributed by atoms with Crippen LogP contribution in [-0.2, 0) is 11.2 Å². The van der Waals surface area contributed by atoms with Crippen LogP contribution in [0.25, 0.3) is 0 Å². The maximum absolute atomic E-state index is 12.0. The lowest BCUT2D eigenvalue weighted by Crippen LogP contribution is -2.48. The maximum Gasteiger partial charge on any atom is 0.224 e. The van der Waals surface area contributed by atoms with Crippen LogP contribution in [-0.4, -0.2) is 25.6 Å². The molecule has 1 unspecified atom stereocenters. The van der Waals surface area contributed by atoms with E-state index >= 15 is 0 Å². The van der Waals surface area contributed by atoms with Gasteiger partial charge >= 0.3 is 0 Å². The molecule has 0 radical (unpaired) electrons. The van der Waals surface area contributed by atoms with Crippen molar-refractivity contribution < 1.29 is 14.3 Å². The van der Waals surface area contributed by atoms with Crippen molar-refractivity contribution in [2.45, 2.75) is 51.4 Å². The Hall–Kier alpha value is -1.85. The van der Waals surface area contributed by atoms with Crippen LogP contribution in [0.1, 0.15) is 38.0 Å². The van der Waals surface area contributed by atoms with E-state index in [-0.39, 0.29) is 17.5 Å². The number of hydrogen-bond donors (Lipinski definition) is 2. The van der Waals surface area contributed by atoms with Gasteiger partial charge in [0.25, 0.3) is 0 Å². The molecule has 1 aromatic heterocycles. The predicted molar refractivity (Wildman–Crippen MR) is 104 cm³/mol. The summed E-state index contributed by atoms with van der Waals surface area (Å²) in [5.41, 5.74) is 1.68. The zero-order valence-corrected chi connectivity index (χ0v) is 16.8. The third kappa shape index (κ3) is 4.83. The third-order valence-corrected chi connectivity index (χ3v) is 10.4. The highest BCUT2D eigenvalue weighted by molar-refractivity contribution is 6.91. The minimum atomic E-state index is -1.77. The molecule has 0 aliphatic heterocycles. The van der Waals surface area contributed by atoms with E-state index in [0.29, 0.717) is 6.42 Å². The second kappa shape index (κ2) is 7.58. The molecule has 0 saturated carbocycles. The highest BCUT2D eigenvalue weighted by Crippen LogP contribution is 2.36. The molecule has 1 aromatic carbocycles. The van der Waals surface area contributed by atoms with Gasteiger partial charge in [0.15, 0.2) is 0 Å². The molecule has 0 saturated heterocycles. The van der Waals surface area contributed by atoms with Crippen molar-refractivity contribution in [3.63, 3.8) is 0 Å². The van der Waals surface area contributed by atoms with Crippen LogP contribution in [0.4, 0.5) is 0 Å². The Morgan fingerprint density at radius 1 is 1.24 bits per heavy atom. The second-order valence-corrected chi connectivity index (χ2v) is 13.3. The lowest BCUT2D eigenvalue weighted by atomic mass is 10.1. The zero-order valence-electron chi connectivity index (χ0n) is 15.8. The molecule has 2 N–H and O–H groups in total. The van der Waals surface area contributed by atoms with Crippen LogP contribution in [0, 0.1) is 0 Å². The Kier molecular flexibility index (Phi) is 5.90. The van der Waals surface area contributed by atoms with Crippen molar-refractivity contribution in [2.24, 2.45) is 0 Å². The largest absolute Gasteiger partial charge is 0.474 e. The molecule has 136 valence electrons. The quantitative estimate of drug-likeness (QED) is 0.777. The smallest absolute Gasteiger partial charge is 0.224 e. The maximum atomic E-state index is 12.0. The Morgan fingerprint density at radius 3 is 2.48 bits per heavy atom. The molecule has 25 heavy (non-hydrogen) atoms. The fraction of sp³-hybridized carbons (Fsp3) is 0.450. The van der Waals surface area contributed by atoms with Crippen molar-refractivity contribution >= 4 is 19.4 Å². The summed E-state index contributed by atoms with van der Waals surface area (Å²) < 4.78 is 5.77. The summed E-state index contributed by atoms with van der Waals surface area (Å²) in [6, 6.07) is 11.5. The van der Waals surface area contributed by atoms with Gasteiger partial charge in [-0.1, -0.05) is 64.2 Å². The van der Waals surface area contributed by atoms with Crippen molar-refractivity contribution in [1.29, 1.82) is 0 Å². The lowest BCUT2D eigenvalue weighted by molar-refractivity contribution is -0.120. The molecule has 1 heterocycles. The highest BCUT2D eigenvalue weighted by Gasteiger charge is 2.40. The van der Waals surface area contributed by atoms with E-state index in [9.17, 15) is 9.90 Å². The number of rotatable bonds is 6. The Balaban J connectivity index is 1.93. The molecule has 5 heteroatoms. The van der Waals surface area contributed by atoms with Crippen LogP contribution in [0.5, 0.6) is 0 Å². The number of nitrogens with one attached hydrogen (secondary N) is 1. The van der Waals surface area contributed by atoms with E-state index in [1.165, 1.54) is 0 Å². The van der Waals surface area contributed by atoms with E-state index in [4.69, 9.17) is 4.42 Å². The summed E-state index contributed by atoms with van der Waals surface area (Å²) in [4.78, 5) is 12.0. The summed E-state index contributed by atoms with van der Waals surface area (Å²) in [5.74, 6) is -0.0987. The molecule has 2 rings (SSSR count). The molecule has 0 bridgehead atoms. The number of aliphatic hydroxyl groups excluding tert-OH is 1. The molecule has 1 atom stereocenters. The SMILES string of the molecule is CC(C)(C)[Si](C)(C)c1cc(C(O)CNC(=O)Cc2ccccc2)co1. The van der Waals surface area contributed by atoms with Gasteiger partial charge in [0.2, 0.25) is 5.91 Å². The van der Waals surface area contributed by atoms with Gasteiger partial charge < -0.3 is 14.8 Å². The van der Waals surface area contributed by atoms with E-state index in [0.717, 1.165) is 16.5 Å². The monoisotopic (exact) mass is 359 g/mol. The first kappa shape index (κ1) is 19.5. The van der Waals surface area contributed by atoms with Crippen molar-refractivity contribution in [2.75, 3.05) is 6.54 Å².